The number of likely N-dealkylation sites (tertiary alicyclic amines) is 1. The van der Waals surface area contributed by atoms with Gasteiger partial charge >= 0.3 is 0 Å². The molecule has 1 fully saturated rings. The van der Waals surface area contributed by atoms with E-state index in [1.165, 1.54) is 32.3 Å². The Morgan fingerprint density at radius 2 is 2.18 bits per heavy atom. The minimum atomic E-state index is 0.743. The molecule has 5 nitrogen and oxygen atoms in total. The van der Waals surface area contributed by atoms with E-state index >= 15 is 0 Å². The molecule has 0 saturated carbocycles. The van der Waals surface area contributed by atoms with Crippen LogP contribution in [0.2, 0.25) is 0 Å². The molecule has 1 aromatic rings. The quantitative estimate of drug-likeness (QED) is 0.546. The van der Waals surface area contributed by atoms with E-state index in [1.807, 2.05) is 19.1 Å². The van der Waals surface area contributed by atoms with Gasteiger partial charge in [-0.25, -0.2) is 9.97 Å². The zero-order valence-electron chi connectivity index (χ0n) is 13.5. The van der Waals surface area contributed by atoms with Crippen LogP contribution in [0.5, 0.6) is 0 Å². The van der Waals surface area contributed by atoms with Gasteiger partial charge in [0, 0.05) is 24.4 Å². The van der Waals surface area contributed by atoms with Gasteiger partial charge in [-0.2, -0.15) is 0 Å². The zero-order chi connectivity index (χ0) is 15.6. The first-order chi connectivity index (χ1) is 10.8. The van der Waals surface area contributed by atoms with Crippen molar-refractivity contribution in [1.29, 1.82) is 0 Å². The van der Waals surface area contributed by atoms with Gasteiger partial charge < -0.3 is 14.4 Å². The molecule has 0 N–H and O–H groups in total. The molecule has 0 aromatic carbocycles. The van der Waals surface area contributed by atoms with Gasteiger partial charge in [-0.1, -0.05) is 0 Å². The number of rotatable bonds is 8. The second-order valence-corrected chi connectivity index (χ2v) is 5.41. The van der Waals surface area contributed by atoms with Gasteiger partial charge in [0.2, 0.25) is 0 Å². The molecule has 1 saturated heterocycles. The van der Waals surface area contributed by atoms with Crippen LogP contribution in [0.3, 0.4) is 0 Å². The highest BCUT2D eigenvalue weighted by molar-refractivity contribution is 5.61. The van der Waals surface area contributed by atoms with Crippen LogP contribution in [0.25, 0.3) is 12.2 Å². The molecule has 0 aliphatic carbocycles. The van der Waals surface area contributed by atoms with Crippen molar-refractivity contribution in [2.75, 3.05) is 33.4 Å². The third-order valence-corrected chi connectivity index (χ3v) is 3.64. The lowest BCUT2D eigenvalue weighted by molar-refractivity contribution is 0.195. The van der Waals surface area contributed by atoms with E-state index in [1.54, 1.807) is 19.6 Å². The molecular formula is C17H25N3O2. The Balaban J connectivity index is 1.82. The highest BCUT2D eigenvalue weighted by Gasteiger charge is 2.10. The number of allylic oxidation sites excluding steroid dienone is 1. The van der Waals surface area contributed by atoms with Gasteiger partial charge in [-0.3, -0.25) is 0 Å². The fraction of sp³-hybridized carbons (Fsp3) is 0.529. The van der Waals surface area contributed by atoms with Gasteiger partial charge in [0.1, 0.15) is 6.33 Å². The number of ether oxygens (including phenoxy) is 2. The smallest absolute Gasteiger partial charge is 0.116 e. The van der Waals surface area contributed by atoms with Crippen molar-refractivity contribution in [2.45, 2.75) is 26.2 Å². The molecule has 0 bridgehead atoms. The highest BCUT2D eigenvalue weighted by atomic mass is 16.5. The molecule has 5 heteroatoms. The summed E-state index contributed by atoms with van der Waals surface area (Å²) >= 11 is 0. The highest BCUT2D eigenvalue weighted by Crippen LogP contribution is 2.12. The predicted octanol–water partition coefficient (Wildman–Crippen LogP) is 2.96. The van der Waals surface area contributed by atoms with Crippen LogP contribution in [0, 0.1) is 0 Å². The van der Waals surface area contributed by atoms with E-state index in [4.69, 9.17) is 9.47 Å². The lowest BCUT2D eigenvalue weighted by Gasteiger charge is -2.14. The maximum Gasteiger partial charge on any atom is 0.116 e. The topological polar surface area (TPSA) is 47.5 Å². The maximum absolute atomic E-state index is 5.78. The summed E-state index contributed by atoms with van der Waals surface area (Å²) in [6, 6.07) is 0. The van der Waals surface area contributed by atoms with Gasteiger partial charge in [0.15, 0.2) is 0 Å². The summed E-state index contributed by atoms with van der Waals surface area (Å²) in [6.07, 6.45) is 12.4. The van der Waals surface area contributed by atoms with Gasteiger partial charge in [0.25, 0.3) is 0 Å². The van der Waals surface area contributed by atoms with Crippen LogP contribution < -0.4 is 0 Å². The van der Waals surface area contributed by atoms with Crippen molar-refractivity contribution in [1.82, 2.24) is 14.9 Å². The molecule has 1 aliphatic heterocycles. The number of hydrogen-bond acceptors (Lipinski definition) is 5. The van der Waals surface area contributed by atoms with E-state index in [9.17, 15) is 0 Å². The summed E-state index contributed by atoms with van der Waals surface area (Å²) in [5.41, 5.74) is 1.74. The molecule has 0 unspecified atom stereocenters. The number of hydrogen-bond donors (Lipinski definition) is 0. The van der Waals surface area contributed by atoms with Crippen LogP contribution in [-0.4, -0.2) is 48.2 Å². The number of aromatic nitrogens is 2. The second-order valence-electron chi connectivity index (χ2n) is 5.41. The Labute approximate surface area is 132 Å². The Hall–Kier alpha value is -1.88. The van der Waals surface area contributed by atoms with Crippen molar-refractivity contribution in [3.8, 4) is 0 Å². The summed E-state index contributed by atoms with van der Waals surface area (Å²) in [6.45, 7) is 6.31. The third-order valence-electron chi connectivity index (χ3n) is 3.64. The van der Waals surface area contributed by atoms with Crippen LogP contribution in [0.1, 0.15) is 37.4 Å². The Bertz CT molecular complexity index is 508. The third kappa shape index (κ3) is 5.48. The normalized spacial score (nSPS) is 16.4. The standard InChI is InChI=1S/C17H25N3O2/c1-15(22-10-5-9-20-7-3-4-8-20)12-17-16(6-11-21-2)13-18-14-19-17/h6,11-14H,3-5,7-10H2,1-2H3/b11-6+,15-12+. The first-order valence-corrected chi connectivity index (χ1v) is 7.82. The first kappa shape index (κ1) is 16.5. The zero-order valence-corrected chi connectivity index (χ0v) is 13.5. The molecule has 0 amide bonds. The van der Waals surface area contributed by atoms with Crippen molar-refractivity contribution < 1.29 is 9.47 Å². The van der Waals surface area contributed by atoms with Gasteiger partial charge in [-0.15, -0.1) is 0 Å². The molecule has 22 heavy (non-hydrogen) atoms. The largest absolute Gasteiger partial charge is 0.504 e. The minimum Gasteiger partial charge on any atom is -0.504 e. The average Bonchev–Trinajstić information content (AvgIpc) is 3.04. The van der Waals surface area contributed by atoms with E-state index in [2.05, 4.69) is 14.9 Å². The Kier molecular flexibility index (Phi) is 6.90. The average molecular weight is 303 g/mol. The molecule has 1 aliphatic rings. The molecular weight excluding hydrogens is 278 g/mol. The first-order valence-electron chi connectivity index (χ1n) is 7.82. The SMILES string of the molecule is CO/C=C/c1cncnc1/C=C(\C)OCCCN1CCCC1. The molecule has 0 radical (unpaired) electrons. The van der Waals surface area contributed by atoms with Crippen LogP contribution in [0.4, 0.5) is 0 Å². The summed E-state index contributed by atoms with van der Waals surface area (Å²) in [5, 5.41) is 0. The van der Waals surface area contributed by atoms with Crippen LogP contribution >= 0.6 is 0 Å². The monoisotopic (exact) mass is 303 g/mol. The summed E-state index contributed by atoms with van der Waals surface area (Å²) < 4.78 is 10.7. The lowest BCUT2D eigenvalue weighted by Crippen LogP contribution is -2.21. The summed E-state index contributed by atoms with van der Waals surface area (Å²) in [7, 11) is 1.62. The van der Waals surface area contributed by atoms with E-state index in [0.717, 1.165) is 36.6 Å². The van der Waals surface area contributed by atoms with Crippen molar-refractivity contribution in [3.63, 3.8) is 0 Å². The Morgan fingerprint density at radius 1 is 1.36 bits per heavy atom. The van der Waals surface area contributed by atoms with E-state index in [0.29, 0.717) is 0 Å². The summed E-state index contributed by atoms with van der Waals surface area (Å²) in [5.74, 6) is 0.868. The molecule has 0 spiro atoms. The van der Waals surface area contributed by atoms with Crippen molar-refractivity contribution in [2.24, 2.45) is 0 Å². The lowest BCUT2D eigenvalue weighted by atomic mass is 10.2. The molecule has 120 valence electrons. The number of nitrogens with zero attached hydrogens (tertiary/aromatic N) is 3. The van der Waals surface area contributed by atoms with Crippen molar-refractivity contribution >= 4 is 12.2 Å². The van der Waals surface area contributed by atoms with Crippen LogP contribution in [0.15, 0.2) is 24.5 Å². The van der Waals surface area contributed by atoms with Gasteiger partial charge in [0.05, 0.1) is 31.4 Å². The molecule has 2 rings (SSSR count). The molecule has 2 heterocycles. The van der Waals surface area contributed by atoms with Crippen molar-refractivity contribution in [3.05, 3.63) is 35.8 Å². The number of methoxy groups -OCH3 is 1. The maximum atomic E-state index is 5.78. The Morgan fingerprint density at radius 3 is 2.95 bits per heavy atom. The second kappa shape index (κ2) is 9.20. The van der Waals surface area contributed by atoms with E-state index < -0.39 is 0 Å². The molecule has 0 atom stereocenters. The van der Waals surface area contributed by atoms with E-state index in [-0.39, 0.29) is 0 Å². The van der Waals surface area contributed by atoms with Gasteiger partial charge in [-0.05, 0) is 45.4 Å². The molecule has 1 aromatic heterocycles. The summed E-state index contributed by atoms with van der Waals surface area (Å²) in [4.78, 5) is 10.8. The minimum absolute atomic E-state index is 0.743. The fourth-order valence-corrected chi connectivity index (χ4v) is 2.50. The predicted molar refractivity (Wildman–Crippen MR) is 88.0 cm³/mol. The van der Waals surface area contributed by atoms with Crippen LogP contribution in [-0.2, 0) is 9.47 Å². The fourth-order valence-electron chi connectivity index (χ4n) is 2.50.